The van der Waals surface area contributed by atoms with Gasteiger partial charge in [-0.1, -0.05) is 73.2 Å². The largest absolute Gasteiger partial charge is 0.377 e. The van der Waals surface area contributed by atoms with Crippen molar-refractivity contribution in [3.8, 4) is 0 Å². The maximum Gasteiger partial charge on any atom is 0.129 e. The van der Waals surface area contributed by atoms with E-state index in [4.69, 9.17) is 15.0 Å². The second-order valence-electron chi connectivity index (χ2n) is 7.29. The van der Waals surface area contributed by atoms with E-state index in [0.717, 1.165) is 66.2 Å². The number of pyridine rings is 1. The van der Waals surface area contributed by atoms with Gasteiger partial charge in [0, 0.05) is 36.5 Å². The molecule has 1 radical (unpaired) electrons. The predicted octanol–water partition coefficient (Wildman–Crippen LogP) is 5.70. The van der Waals surface area contributed by atoms with Crippen molar-refractivity contribution in [3.05, 3.63) is 102 Å². The molecule has 1 aliphatic rings. The van der Waals surface area contributed by atoms with Crippen molar-refractivity contribution in [1.82, 2.24) is 10.3 Å². The van der Waals surface area contributed by atoms with Gasteiger partial charge in [0.25, 0.3) is 0 Å². The van der Waals surface area contributed by atoms with Crippen LogP contribution in [0.5, 0.6) is 0 Å². The minimum atomic E-state index is 0.626. The molecule has 0 amide bonds. The molecule has 30 heavy (non-hydrogen) atoms. The van der Waals surface area contributed by atoms with Crippen molar-refractivity contribution in [3.63, 3.8) is 0 Å². The van der Waals surface area contributed by atoms with E-state index in [0.29, 0.717) is 6.61 Å². The van der Waals surface area contributed by atoms with Crippen molar-refractivity contribution < 1.29 is 4.74 Å². The first-order chi connectivity index (χ1) is 14.9. The van der Waals surface area contributed by atoms with Gasteiger partial charge in [-0.15, -0.1) is 0 Å². The lowest BCUT2D eigenvalue weighted by molar-refractivity contribution is 0.116. The maximum absolute atomic E-state index is 5.74. The Labute approximate surface area is 178 Å². The standard InChI is InChI=1S/C26H26N3O/c1-4-12-22(13-5-1)25-26(23-14-6-2-7-15-23)29-24(28-25)16-8-3-9-18-30-20-21-11-10-17-27-19-21/h1-2,4-7,10-15,17,19H,3,8-9,16,18,20H2. The number of aromatic nitrogens is 1. The van der Waals surface area contributed by atoms with Crippen molar-refractivity contribution in [2.24, 2.45) is 4.99 Å². The molecule has 0 N–H and O–H groups in total. The van der Waals surface area contributed by atoms with Gasteiger partial charge in [0.2, 0.25) is 0 Å². The molecular weight excluding hydrogens is 370 g/mol. The Morgan fingerprint density at radius 2 is 1.43 bits per heavy atom. The van der Waals surface area contributed by atoms with Crippen molar-refractivity contribution in [2.45, 2.75) is 32.3 Å². The molecule has 2 heterocycles. The van der Waals surface area contributed by atoms with Gasteiger partial charge >= 0.3 is 0 Å². The van der Waals surface area contributed by atoms with Gasteiger partial charge in [-0.05, 0) is 24.5 Å². The maximum atomic E-state index is 5.74. The first-order valence-corrected chi connectivity index (χ1v) is 10.5. The summed E-state index contributed by atoms with van der Waals surface area (Å²) in [6.07, 6.45) is 7.71. The summed E-state index contributed by atoms with van der Waals surface area (Å²) in [5.74, 6) is 0.920. The van der Waals surface area contributed by atoms with Crippen LogP contribution in [0, 0.1) is 0 Å². The molecule has 0 bridgehead atoms. The molecule has 2 aromatic carbocycles. The normalized spacial score (nSPS) is 13.3. The lowest BCUT2D eigenvalue weighted by atomic mass is 10.1. The number of hydrogen-bond donors (Lipinski definition) is 0. The molecule has 3 aromatic rings. The summed E-state index contributed by atoms with van der Waals surface area (Å²) in [5, 5.41) is 4.88. The van der Waals surface area contributed by atoms with Gasteiger partial charge in [-0.25, -0.2) is 10.3 Å². The summed E-state index contributed by atoms with van der Waals surface area (Å²) in [6.45, 7) is 1.39. The SMILES string of the molecule is c1ccc(C2=C(c3ccccc3)N=C(CCCCCOCc3cccnc3)[N]2)cc1. The van der Waals surface area contributed by atoms with Crippen LogP contribution in [-0.2, 0) is 11.3 Å². The fourth-order valence-electron chi connectivity index (χ4n) is 3.43. The van der Waals surface area contributed by atoms with Crippen LogP contribution in [0.3, 0.4) is 0 Å². The first kappa shape index (κ1) is 20.0. The Hall–Kier alpha value is -3.24. The molecular formula is C26H26N3O. The number of amidine groups is 1. The lowest BCUT2D eigenvalue weighted by Gasteiger charge is -2.06. The smallest absolute Gasteiger partial charge is 0.129 e. The van der Waals surface area contributed by atoms with Crippen LogP contribution < -0.4 is 5.32 Å². The molecule has 0 saturated heterocycles. The third-order valence-corrected chi connectivity index (χ3v) is 4.98. The minimum absolute atomic E-state index is 0.626. The molecule has 0 saturated carbocycles. The first-order valence-electron chi connectivity index (χ1n) is 10.5. The number of aliphatic imine (C=N–C) groups is 1. The van der Waals surface area contributed by atoms with E-state index >= 15 is 0 Å². The van der Waals surface area contributed by atoms with E-state index in [1.54, 1.807) is 6.20 Å². The van der Waals surface area contributed by atoms with Gasteiger partial charge in [0.1, 0.15) is 5.84 Å². The predicted molar refractivity (Wildman–Crippen MR) is 122 cm³/mol. The molecule has 1 aliphatic heterocycles. The van der Waals surface area contributed by atoms with Gasteiger partial charge < -0.3 is 4.74 Å². The summed E-state index contributed by atoms with van der Waals surface area (Å²) in [5.41, 5.74) is 5.27. The fourth-order valence-corrected chi connectivity index (χ4v) is 3.43. The Morgan fingerprint density at radius 3 is 2.13 bits per heavy atom. The molecule has 151 valence electrons. The topological polar surface area (TPSA) is 48.6 Å². The van der Waals surface area contributed by atoms with Crippen molar-refractivity contribution in [1.29, 1.82) is 0 Å². The summed E-state index contributed by atoms with van der Waals surface area (Å²) in [4.78, 5) is 8.99. The van der Waals surface area contributed by atoms with Crippen LogP contribution in [0.25, 0.3) is 11.4 Å². The lowest BCUT2D eigenvalue weighted by Crippen LogP contribution is -2.10. The summed E-state index contributed by atoms with van der Waals surface area (Å²) < 4.78 is 5.74. The fraction of sp³-hybridized carbons (Fsp3) is 0.231. The number of hydrogen-bond acceptors (Lipinski definition) is 3. The molecule has 4 nitrogen and oxygen atoms in total. The van der Waals surface area contributed by atoms with Crippen LogP contribution in [0.4, 0.5) is 0 Å². The van der Waals surface area contributed by atoms with Crippen molar-refractivity contribution in [2.75, 3.05) is 6.61 Å². The second-order valence-corrected chi connectivity index (χ2v) is 7.29. The van der Waals surface area contributed by atoms with E-state index in [2.05, 4.69) is 29.2 Å². The second kappa shape index (κ2) is 10.5. The zero-order valence-corrected chi connectivity index (χ0v) is 17.1. The monoisotopic (exact) mass is 396 g/mol. The number of unbranched alkanes of at least 4 members (excludes halogenated alkanes) is 2. The van der Waals surface area contributed by atoms with Crippen LogP contribution in [0.15, 0.2) is 90.2 Å². The van der Waals surface area contributed by atoms with E-state index < -0.39 is 0 Å². The third kappa shape index (κ3) is 5.43. The number of ether oxygens (including phenoxy) is 1. The Kier molecular flexibility index (Phi) is 7.03. The summed E-state index contributed by atoms with van der Waals surface area (Å²) >= 11 is 0. The van der Waals surface area contributed by atoms with E-state index in [9.17, 15) is 0 Å². The number of rotatable bonds is 10. The number of nitrogens with zero attached hydrogens (tertiary/aromatic N) is 3. The van der Waals surface area contributed by atoms with Gasteiger partial charge in [0.05, 0.1) is 18.0 Å². The van der Waals surface area contributed by atoms with Crippen LogP contribution in [0.2, 0.25) is 0 Å². The molecule has 0 fully saturated rings. The highest BCUT2D eigenvalue weighted by Crippen LogP contribution is 2.31. The molecule has 0 aliphatic carbocycles. The quantitative estimate of drug-likeness (QED) is 0.413. The van der Waals surface area contributed by atoms with Gasteiger partial charge in [0.15, 0.2) is 0 Å². The molecule has 4 heteroatoms. The highest BCUT2D eigenvalue weighted by molar-refractivity contribution is 6.07. The van der Waals surface area contributed by atoms with Crippen LogP contribution >= 0.6 is 0 Å². The van der Waals surface area contributed by atoms with E-state index in [-0.39, 0.29) is 0 Å². The zero-order valence-electron chi connectivity index (χ0n) is 17.1. The Balaban J connectivity index is 1.27. The van der Waals surface area contributed by atoms with Crippen molar-refractivity contribution >= 4 is 17.2 Å². The molecule has 0 spiro atoms. The van der Waals surface area contributed by atoms with E-state index in [1.165, 1.54) is 0 Å². The van der Waals surface area contributed by atoms with Crippen LogP contribution in [-0.4, -0.2) is 17.4 Å². The molecule has 0 unspecified atom stereocenters. The molecule has 0 atom stereocenters. The van der Waals surface area contributed by atoms with Gasteiger partial charge in [-0.3, -0.25) is 4.98 Å². The zero-order chi connectivity index (χ0) is 20.4. The average molecular weight is 397 g/mol. The molecule has 4 rings (SSSR count). The summed E-state index contributed by atoms with van der Waals surface area (Å²) in [7, 11) is 0. The van der Waals surface area contributed by atoms with E-state index in [1.807, 2.05) is 54.7 Å². The summed E-state index contributed by atoms with van der Waals surface area (Å²) in [6, 6.07) is 24.6. The van der Waals surface area contributed by atoms with Crippen LogP contribution in [0.1, 0.15) is 42.4 Å². The average Bonchev–Trinajstić information content (AvgIpc) is 3.24. The molecule has 1 aromatic heterocycles. The highest BCUT2D eigenvalue weighted by Gasteiger charge is 2.21. The highest BCUT2D eigenvalue weighted by atomic mass is 16.5. The Morgan fingerprint density at radius 1 is 0.700 bits per heavy atom. The van der Waals surface area contributed by atoms with Gasteiger partial charge in [-0.2, -0.15) is 0 Å². The number of benzene rings is 2. The minimum Gasteiger partial charge on any atom is -0.377 e. The Bertz CT molecular complexity index is 983. The third-order valence-electron chi connectivity index (χ3n) is 4.98.